The van der Waals surface area contributed by atoms with Gasteiger partial charge in [0.15, 0.2) is 5.82 Å². The molecule has 6 nitrogen and oxygen atoms in total. The van der Waals surface area contributed by atoms with Crippen LogP contribution < -0.4 is 5.32 Å². The highest BCUT2D eigenvalue weighted by Crippen LogP contribution is 2.10. The number of aromatic nitrogens is 4. The highest BCUT2D eigenvalue weighted by Gasteiger charge is 2.09. The Bertz CT molecular complexity index is 709. The maximum atomic E-state index is 11.9. The van der Waals surface area contributed by atoms with Crippen LogP contribution in [0.15, 0.2) is 61.2 Å². The van der Waals surface area contributed by atoms with Gasteiger partial charge in [0.25, 0.3) is 5.91 Å². The summed E-state index contributed by atoms with van der Waals surface area (Å²) in [5.41, 5.74) is 1.18. The van der Waals surface area contributed by atoms with E-state index in [1.165, 1.54) is 18.6 Å². The van der Waals surface area contributed by atoms with E-state index in [-0.39, 0.29) is 11.6 Å². The molecule has 0 atom stereocenters. The van der Waals surface area contributed by atoms with E-state index in [9.17, 15) is 4.79 Å². The molecular formula is C14H11N5O. The molecule has 0 aliphatic rings. The lowest BCUT2D eigenvalue weighted by Crippen LogP contribution is -2.14. The van der Waals surface area contributed by atoms with Gasteiger partial charge in [0.1, 0.15) is 5.69 Å². The Labute approximate surface area is 115 Å². The number of para-hydroxylation sites is 1. The van der Waals surface area contributed by atoms with Gasteiger partial charge in [0.05, 0.1) is 11.9 Å². The zero-order chi connectivity index (χ0) is 13.8. The van der Waals surface area contributed by atoms with Gasteiger partial charge in [-0.1, -0.05) is 18.2 Å². The largest absolute Gasteiger partial charge is 0.304 e. The fourth-order valence-corrected chi connectivity index (χ4v) is 1.71. The zero-order valence-corrected chi connectivity index (χ0v) is 10.5. The summed E-state index contributed by atoms with van der Waals surface area (Å²) in [5, 5.41) is 6.96. The van der Waals surface area contributed by atoms with Gasteiger partial charge < -0.3 is 5.32 Å². The summed E-state index contributed by atoms with van der Waals surface area (Å²) in [7, 11) is 0. The molecule has 2 aromatic heterocycles. The predicted molar refractivity (Wildman–Crippen MR) is 73.5 cm³/mol. The zero-order valence-electron chi connectivity index (χ0n) is 10.5. The normalized spacial score (nSPS) is 10.2. The summed E-state index contributed by atoms with van der Waals surface area (Å²) in [6.07, 6.45) is 6.17. The summed E-state index contributed by atoms with van der Waals surface area (Å²) in [4.78, 5) is 19.7. The number of rotatable bonds is 3. The summed E-state index contributed by atoms with van der Waals surface area (Å²) in [5.74, 6) is 0.126. The fraction of sp³-hybridized carbons (Fsp3) is 0. The number of amides is 1. The lowest BCUT2D eigenvalue weighted by Gasteiger charge is -2.01. The van der Waals surface area contributed by atoms with Gasteiger partial charge in [-0.25, -0.2) is 9.67 Å². The van der Waals surface area contributed by atoms with Crippen LogP contribution in [-0.2, 0) is 0 Å². The third kappa shape index (κ3) is 2.54. The molecule has 0 radical (unpaired) electrons. The first-order chi connectivity index (χ1) is 9.83. The van der Waals surface area contributed by atoms with Crippen molar-refractivity contribution in [1.29, 1.82) is 0 Å². The van der Waals surface area contributed by atoms with Crippen molar-refractivity contribution >= 4 is 11.7 Å². The van der Waals surface area contributed by atoms with E-state index in [0.717, 1.165) is 5.69 Å². The van der Waals surface area contributed by atoms with Crippen LogP contribution in [0.4, 0.5) is 5.82 Å². The summed E-state index contributed by atoms with van der Waals surface area (Å²) >= 11 is 0. The molecule has 0 bridgehead atoms. The van der Waals surface area contributed by atoms with E-state index >= 15 is 0 Å². The van der Waals surface area contributed by atoms with Crippen molar-refractivity contribution in [3.63, 3.8) is 0 Å². The topological polar surface area (TPSA) is 72.7 Å². The Morgan fingerprint density at radius 2 is 1.95 bits per heavy atom. The van der Waals surface area contributed by atoms with Gasteiger partial charge in [-0.15, -0.1) is 0 Å². The van der Waals surface area contributed by atoms with E-state index < -0.39 is 0 Å². The second-order valence-corrected chi connectivity index (χ2v) is 4.03. The molecule has 1 N–H and O–H groups in total. The molecule has 20 heavy (non-hydrogen) atoms. The number of benzene rings is 1. The number of hydrogen-bond acceptors (Lipinski definition) is 4. The van der Waals surface area contributed by atoms with Crippen molar-refractivity contribution in [2.45, 2.75) is 0 Å². The molecule has 1 amide bonds. The molecule has 0 aliphatic carbocycles. The van der Waals surface area contributed by atoms with Crippen LogP contribution in [0.5, 0.6) is 0 Å². The molecule has 1 aromatic carbocycles. The van der Waals surface area contributed by atoms with E-state index in [1.807, 2.05) is 30.3 Å². The summed E-state index contributed by atoms with van der Waals surface area (Å²) < 4.78 is 1.69. The molecule has 3 aromatic rings. The smallest absolute Gasteiger partial charge is 0.277 e. The first-order valence-corrected chi connectivity index (χ1v) is 6.01. The number of nitrogens with one attached hydrogen (secondary N) is 1. The van der Waals surface area contributed by atoms with Gasteiger partial charge in [0, 0.05) is 24.7 Å². The van der Waals surface area contributed by atoms with Crippen molar-refractivity contribution in [2.24, 2.45) is 0 Å². The molecule has 98 valence electrons. The lowest BCUT2D eigenvalue weighted by molar-refractivity contribution is 0.102. The van der Waals surface area contributed by atoms with Crippen LogP contribution in [0.3, 0.4) is 0 Å². The Balaban J connectivity index is 1.77. The van der Waals surface area contributed by atoms with Crippen LogP contribution in [0.25, 0.3) is 5.69 Å². The van der Waals surface area contributed by atoms with Crippen LogP contribution in [0.2, 0.25) is 0 Å². The SMILES string of the molecule is O=C(Nc1ccn(-c2ccccc2)n1)c1cnccn1. The Hall–Kier alpha value is -3.02. The van der Waals surface area contributed by atoms with Gasteiger partial charge in [-0.3, -0.25) is 9.78 Å². The highest BCUT2D eigenvalue weighted by molar-refractivity contribution is 6.02. The maximum absolute atomic E-state index is 11.9. The number of anilines is 1. The summed E-state index contributed by atoms with van der Waals surface area (Å²) in [6.45, 7) is 0. The third-order valence-electron chi connectivity index (χ3n) is 2.65. The van der Waals surface area contributed by atoms with Gasteiger partial charge in [-0.05, 0) is 12.1 Å². The lowest BCUT2D eigenvalue weighted by atomic mass is 10.3. The van der Waals surface area contributed by atoms with Crippen LogP contribution in [-0.4, -0.2) is 25.7 Å². The molecule has 0 spiro atoms. The summed E-state index contributed by atoms with van der Waals surface area (Å²) in [6, 6.07) is 11.4. The second kappa shape index (κ2) is 5.31. The van der Waals surface area contributed by atoms with Gasteiger partial charge in [-0.2, -0.15) is 5.10 Å². The highest BCUT2D eigenvalue weighted by atomic mass is 16.2. The minimum Gasteiger partial charge on any atom is -0.304 e. The first kappa shape index (κ1) is 12.0. The third-order valence-corrected chi connectivity index (χ3v) is 2.65. The van der Waals surface area contributed by atoms with Crippen molar-refractivity contribution in [3.8, 4) is 5.69 Å². The molecule has 3 rings (SSSR count). The number of carbonyl (C=O) groups excluding carboxylic acids is 1. The molecule has 0 unspecified atom stereocenters. The molecule has 0 saturated heterocycles. The maximum Gasteiger partial charge on any atom is 0.277 e. The number of carbonyl (C=O) groups is 1. The van der Waals surface area contributed by atoms with Crippen LogP contribution in [0.1, 0.15) is 10.5 Å². The Morgan fingerprint density at radius 3 is 2.70 bits per heavy atom. The number of hydrogen-bond donors (Lipinski definition) is 1. The Kier molecular flexibility index (Phi) is 3.20. The van der Waals surface area contributed by atoms with Gasteiger partial charge in [0.2, 0.25) is 0 Å². The molecule has 0 fully saturated rings. The van der Waals surface area contributed by atoms with E-state index in [1.54, 1.807) is 16.9 Å². The predicted octanol–water partition coefficient (Wildman–Crippen LogP) is 1.91. The van der Waals surface area contributed by atoms with E-state index in [4.69, 9.17) is 0 Å². The van der Waals surface area contributed by atoms with Crippen LogP contribution in [0, 0.1) is 0 Å². The number of nitrogens with zero attached hydrogens (tertiary/aromatic N) is 4. The van der Waals surface area contributed by atoms with Crippen molar-refractivity contribution in [3.05, 3.63) is 66.9 Å². The molecule has 6 heteroatoms. The molecular weight excluding hydrogens is 254 g/mol. The molecule has 0 aliphatic heterocycles. The average Bonchev–Trinajstić information content (AvgIpc) is 2.97. The minimum absolute atomic E-state index is 0.252. The average molecular weight is 265 g/mol. The molecule has 2 heterocycles. The van der Waals surface area contributed by atoms with Crippen molar-refractivity contribution in [2.75, 3.05) is 5.32 Å². The second-order valence-electron chi connectivity index (χ2n) is 4.03. The van der Waals surface area contributed by atoms with Gasteiger partial charge >= 0.3 is 0 Å². The van der Waals surface area contributed by atoms with Crippen molar-refractivity contribution < 1.29 is 4.79 Å². The Morgan fingerprint density at radius 1 is 1.10 bits per heavy atom. The van der Waals surface area contributed by atoms with E-state index in [2.05, 4.69) is 20.4 Å². The van der Waals surface area contributed by atoms with E-state index in [0.29, 0.717) is 5.82 Å². The van der Waals surface area contributed by atoms with Crippen LogP contribution >= 0.6 is 0 Å². The monoisotopic (exact) mass is 265 g/mol. The minimum atomic E-state index is -0.337. The quantitative estimate of drug-likeness (QED) is 0.785. The molecule has 0 saturated carbocycles. The standard InChI is InChI=1S/C14H11N5O/c20-14(12-10-15-7-8-16-12)17-13-6-9-19(18-13)11-4-2-1-3-5-11/h1-10H,(H,17,18,20). The fourth-order valence-electron chi connectivity index (χ4n) is 1.71. The first-order valence-electron chi connectivity index (χ1n) is 6.01. The van der Waals surface area contributed by atoms with Crippen molar-refractivity contribution in [1.82, 2.24) is 19.7 Å².